The van der Waals surface area contributed by atoms with E-state index in [1.807, 2.05) is 5.38 Å². The Morgan fingerprint density at radius 1 is 1.77 bits per heavy atom. The first kappa shape index (κ1) is 9.12. The lowest BCUT2D eigenvalue weighted by Gasteiger charge is -2.01. The molecule has 1 aliphatic rings. The summed E-state index contributed by atoms with van der Waals surface area (Å²) in [6.07, 6.45) is 0.611. The molecule has 1 aromatic rings. The van der Waals surface area contributed by atoms with Crippen LogP contribution in [0.5, 0.6) is 0 Å². The molecule has 0 radical (unpaired) electrons. The molecule has 1 fully saturated rings. The van der Waals surface area contributed by atoms with Crippen LogP contribution < -0.4 is 0 Å². The zero-order chi connectivity index (χ0) is 9.26. The third kappa shape index (κ3) is 1.90. The van der Waals surface area contributed by atoms with E-state index in [-0.39, 0.29) is 0 Å². The van der Waals surface area contributed by atoms with Gasteiger partial charge in [0.05, 0.1) is 23.4 Å². The highest BCUT2D eigenvalue weighted by Gasteiger charge is 2.21. The summed E-state index contributed by atoms with van der Waals surface area (Å²) < 4.78 is 5.29. The molecule has 1 aromatic heterocycles. The van der Waals surface area contributed by atoms with Gasteiger partial charge >= 0.3 is 0 Å². The number of ether oxygens (including phenoxy) is 1. The van der Waals surface area contributed by atoms with Gasteiger partial charge in [-0.2, -0.15) is 0 Å². The number of rotatable bonds is 2. The van der Waals surface area contributed by atoms with E-state index in [0.29, 0.717) is 5.92 Å². The molecule has 4 heteroatoms. The van der Waals surface area contributed by atoms with Crippen LogP contribution in [-0.4, -0.2) is 23.3 Å². The van der Waals surface area contributed by atoms with Crippen molar-refractivity contribution in [1.29, 1.82) is 0 Å². The Kier molecular flexibility index (Phi) is 2.62. The van der Waals surface area contributed by atoms with Crippen molar-refractivity contribution < 1.29 is 9.84 Å². The molecule has 2 unspecified atom stereocenters. The Hall–Kier alpha value is -0.450. The van der Waals surface area contributed by atoms with E-state index >= 15 is 0 Å². The lowest BCUT2D eigenvalue weighted by atomic mass is 10.1. The van der Waals surface area contributed by atoms with Crippen LogP contribution in [0.4, 0.5) is 0 Å². The average Bonchev–Trinajstić information content (AvgIpc) is 2.75. The van der Waals surface area contributed by atoms with Gasteiger partial charge in [-0.05, 0) is 13.3 Å². The molecular formula is C9H13NO2S. The molecule has 3 nitrogen and oxygen atoms in total. The van der Waals surface area contributed by atoms with Gasteiger partial charge in [-0.1, -0.05) is 0 Å². The van der Waals surface area contributed by atoms with E-state index in [0.717, 1.165) is 30.3 Å². The van der Waals surface area contributed by atoms with E-state index < -0.39 is 6.10 Å². The van der Waals surface area contributed by atoms with Gasteiger partial charge in [0.15, 0.2) is 0 Å². The highest BCUT2D eigenvalue weighted by molar-refractivity contribution is 7.09. The molecule has 13 heavy (non-hydrogen) atoms. The van der Waals surface area contributed by atoms with Gasteiger partial charge < -0.3 is 9.84 Å². The van der Waals surface area contributed by atoms with Crippen LogP contribution in [0.1, 0.15) is 36.1 Å². The number of hydrogen-bond donors (Lipinski definition) is 1. The van der Waals surface area contributed by atoms with E-state index in [4.69, 9.17) is 4.74 Å². The molecule has 0 bridgehead atoms. The summed E-state index contributed by atoms with van der Waals surface area (Å²) in [5.74, 6) is 0.456. The average molecular weight is 199 g/mol. The van der Waals surface area contributed by atoms with Crippen molar-refractivity contribution in [3.63, 3.8) is 0 Å². The molecule has 2 heterocycles. The predicted octanol–water partition coefficient (Wildman–Crippen LogP) is 1.70. The summed E-state index contributed by atoms with van der Waals surface area (Å²) in [6.45, 7) is 3.37. The monoisotopic (exact) mass is 199 g/mol. The number of thiazole rings is 1. The number of nitrogens with zero attached hydrogens (tertiary/aromatic N) is 1. The van der Waals surface area contributed by atoms with Gasteiger partial charge in [-0.15, -0.1) is 11.3 Å². The van der Waals surface area contributed by atoms with Crippen molar-refractivity contribution in [2.24, 2.45) is 0 Å². The minimum absolute atomic E-state index is 0.452. The Labute approximate surface area is 81.4 Å². The van der Waals surface area contributed by atoms with E-state index in [2.05, 4.69) is 4.98 Å². The molecule has 0 amide bonds. The van der Waals surface area contributed by atoms with E-state index in [1.54, 1.807) is 18.3 Å². The summed E-state index contributed by atoms with van der Waals surface area (Å²) in [4.78, 5) is 4.38. The Balaban J connectivity index is 2.12. The second-order valence-corrected chi connectivity index (χ2v) is 4.24. The Morgan fingerprint density at radius 2 is 2.62 bits per heavy atom. The van der Waals surface area contributed by atoms with Gasteiger partial charge in [-0.3, -0.25) is 0 Å². The highest BCUT2D eigenvalue weighted by atomic mass is 32.1. The fraction of sp³-hybridized carbons (Fsp3) is 0.667. The topological polar surface area (TPSA) is 42.4 Å². The molecule has 0 aliphatic carbocycles. The van der Waals surface area contributed by atoms with Gasteiger partial charge in [-0.25, -0.2) is 4.98 Å². The Morgan fingerprint density at radius 3 is 3.15 bits per heavy atom. The fourth-order valence-electron chi connectivity index (χ4n) is 1.41. The number of aliphatic hydroxyl groups is 1. The van der Waals surface area contributed by atoms with Gasteiger partial charge in [0.2, 0.25) is 0 Å². The first-order valence-electron chi connectivity index (χ1n) is 4.48. The maximum Gasteiger partial charge on any atom is 0.0984 e. The molecule has 1 aliphatic heterocycles. The second-order valence-electron chi connectivity index (χ2n) is 3.35. The second kappa shape index (κ2) is 3.74. The number of aromatic nitrogens is 1. The SMILES string of the molecule is CC(O)c1csc(C2CCOC2)n1. The van der Waals surface area contributed by atoms with Crippen molar-refractivity contribution in [2.75, 3.05) is 13.2 Å². The minimum atomic E-state index is -0.452. The van der Waals surface area contributed by atoms with Gasteiger partial charge in [0, 0.05) is 17.9 Å². The van der Waals surface area contributed by atoms with Crippen LogP contribution >= 0.6 is 11.3 Å². The summed E-state index contributed by atoms with van der Waals surface area (Å²) >= 11 is 1.62. The van der Waals surface area contributed by atoms with Crippen LogP contribution in [0.15, 0.2) is 5.38 Å². The first-order chi connectivity index (χ1) is 6.27. The smallest absolute Gasteiger partial charge is 0.0984 e. The van der Waals surface area contributed by atoms with E-state index in [1.165, 1.54) is 0 Å². The molecular weight excluding hydrogens is 186 g/mol. The minimum Gasteiger partial charge on any atom is -0.387 e. The molecule has 0 aromatic carbocycles. The third-order valence-electron chi connectivity index (χ3n) is 2.25. The standard InChI is InChI=1S/C9H13NO2S/c1-6(11)8-5-13-9(10-8)7-2-3-12-4-7/h5-7,11H,2-4H2,1H3. The Bertz CT molecular complexity index is 279. The van der Waals surface area contributed by atoms with Crippen LogP contribution in [0.3, 0.4) is 0 Å². The maximum atomic E-state index is 9.29. The van der Waals surface area contributed by atoms with Crippen molar-refractivity contribution in [2.45, 2.75) is 25.4 Å². The molecule has 0 spiro atoms. The normalized spacial score (nSPS) is 24.9. The number of aliphatic hydroxyl groups excluding tert-OH is 1. The zero-order valence-corrected chi connectivity index (χ0v) is 8.38. The first-order valence-corrected chi connectivity index (χ1v) is 5.36. The quantitative estimate of drug-likeness (QED) is 0.788. The van der Waals surface area contributed by atoms with E-state index in [9.17, 15) is 5.11 Å². The van der Waals surface area contributed by atoms with Crippen LogP contribution in [0.25, 0.3) is 0 Å². The van der Waals surface area contributed by atoms with Crippen molar-refractivity contribution in [1.82, 2.24) is 4.98 Å². The van der Waals surface area contributed by atoms with Crippen LogP contribution in [-0.2, 0) is 4.74 Å². The largest absolute Gasteiger partial charge is 0.387 e. The molecule has 2 rings (SSSR count). The zero-order valence-electron chi connectivity index (χ0n) is 7.56. The summed E-state index contributed by atoms with van der Waals surface area (Å²) in [5, 5.41) is 12.3. The van der Waals surface area contributed by atoms with Gasteiger partial charge in [0.1, 0.15) is 0 Å². The lowest BCUT2D eigenvalue weighted by Crippen LogP contribution is -1.98. The third-order valence-corrected chi connectivity index (χ3v) is 3.27. The lowest BCUT2D eigenvalue weighted by molar-refractivity contribution is 0.191. The molecule has 2 atom stereocenters. The summed E-state index contributed by atoms with van der Waals surface area (Å²) in [6, 6.07) is 0. The molecule has 1 saturated heterocycles. The van der Waals surface area contributed by atoms with Crippen molar-refractivity contribution in [3.8, 4) is 0 Å². The molecule has 0 saturated carbocycles. The van der Waals surface area contributed by atoms with Crippen molar-refractivity contribution >= 4 is 11.3 Å². The number of hydrogen-bond acceptors (Lipinski definition) is 4. The fourth-order valence-corrected chi connectivity index (χ4v) is 2.44. The van der Waals surface area contributed by atoms with Crippen LogP contribution in [0.2, 0.25) is 0 Å². The predicted molar refractivity (Wildman–Crippen MR) is 50.9 cm³/mol. The molecule has 1 N–H and O–H groups in total. The summed E-state index contributed by atoms with van der Waals surface area (Å²) in [7, 11) is 0. The van der Waals surface area contributed by atoms with Crippen molar-refractivity contribution in [3.05, 3.63) is 16.1 Å². The molecule has 72 valence electrons. The van der Waals surface area contributed by atoms with Crippen LogP contribution in [0, 0.1) is 0 Å². The summed E-state index contributed by atoms with van der Waals surface area (Å²) in [5.41, 5.74) is 0.784. The maximum absolute atomic E-state index is 9.29. The van der Waals surface area contributed by atoms with Gasteiger partial charge in [0.25, 0.3) is 0 Å². The highest BCUT2D eigenvalue weighted by Crippen LogP contribution is 2.29.